The molecule has 5 nitrogen and oxygen atoms in total. The van der Waals surface area contributed by atoms with Crippen molar-refractivity contribution in [1.82, 2.24) is 15.1 Å². The van der Waals surface area contributed by atoms with Crippen LogP contribution in [-0.4, -0.2) is 47.8 Å². The average molecular weight is 447 g/mol. The molecule has 1 saturated heterocycles. The normalized spacial score (nSPS) is 15.8. The van der Waals surface area contributed by atoms with Crippen LogP contribution >= 0.6 is 0 Å². The first-order valence-electron chi connectivity index (χ1n) is 10.3. The molecule has 1 N–H and O–H groups in total. The van der Waals surface area contributed by atoms with E-state index < -0.39 is 17.6 Å². The molecule has 0 aliphatic carbocycles. The number of halogens is 4. The Morgan fingerprint density at radius 3 is 2.47 bits per heavy atom. The van der Waals surface area contributed by atoms with Gasteiger partial charge in [-0.3, -0.25) is 0 Å². The van der Waals surface area contributed by atoms with Crippen LogP contribution in [0.2, 0.25) is 0 Å². The minimum absolute atomic E-state index is 0.0870. The summed E-state index contributed by atoms with van der Waals surface area (Å²) in [6.07, 6.45) is -4.75. The number of anilines is 2. The van der Waals surface area contributed by atoms with Gasteiger partial charge in [0, 0.05) is 41.7 Å². The van der Waals surface area contributed by atoms with Crippen LogP contribution in [0.5, 0.6) is 0 Å². The van der Waals surface area contributed by atoms with Gasteiger partial charge in [-0.25, -0.2) is 4.39 Å². The number of nitrogens with one attached hydrogen (secondary N) is 1. The van der Waals surface area contributed by atoms with E-state index >= 15 is 0 Å². The molecule has 3 aromatic rings. The molecule has 0 radical (unpaired) electrons. The second-order valence-corrected chi connectivity index (χ2v) is 8.74. The number of hydrogen-bond donors (Lipinski definition) is 1. The van der Waals surface area contributed by atoms with E-state index in [1.54, 1.807) is 0 Å². The van der Waals surface area contributed by atoms with Gasteiger partial charge in [-0.1, -0.05) is 18.2 Å². The largest absolute Gasteiger partial charge is 0.419 e. The fraction of sp³-hybridized carbons (Fsp3) is 0.391. The first-order valence-corrected chi connectivity index (χ1v) is 10.3. The molecular weight excluding hydrogens is 422 g/mol. The lowest BCUT2D eigenvalue weighted by molar-refractivity contribution is -0.140. The molecule has 170 valence electrons. The lowest BCUT2D eigenvalue weighted by Gasteiger charge is -2.53. The van der Waals surface area contributed by atoms with Crippen LogP contribution in [0.3, 0.4) is 0 Å². The van der Waals surface area contributed by atoms with E-state index in [0.29, 0.717) is 5.82 Å². The molecule has 1 aromatic heterocycles. The van der Waals surface area contributed by atoms with Gasteiger partial charge in [0.15, 0.2) is 5.82 Å². The van der Waals surface area contributed by atoms with Crippen molar-refractivity contribution in [3.05, 3.63) is 59.0 Å². The summed E-state index contributed by atoms with van der Waals surface area (Å²) < 4.78 is 53.5. The Morgan fingerprint density at radius 1 is 1.09 bits per heavy atom. The number of rotatable bonds is 5. The van der Waals surface area contributed by atoms with E-state index in [-0.39, 0.29) is 17.6 Å². The van der Waals surface area contributed by atoms with Crippen LogP contribution in [0.15, 0.2) is 36.4 Å². The highest BCUT2D eigenvalue weighted by molar-refractivity contribution is 5.95. The first kappa shape index (κ1) is 22.3. The molecular formula is C23H25F4N5. The Kier molecular flexibility index (Phi) is 5.48. The summed E-state index contributed by atoms with van der Waals surface area (Å²) in [5.41, 5.74) is 0.502. The Balaban J connectivity index is 1.62. The highest BCUT2D eigenvalue weighted by atomic mass is 19.4. The average Bonchev–Trinajstić information content (AvgIpc) is 2.70. The Labute approximate surface area is 184 Å². The Hall–Kier alpha value is -2.94. The molecule has 0 bridgehead atoms. The van der Waals surface area contributed by atoms with Gasteiger partial charge < -0.3 is 15.1 Å². The van der Waals surface area contributed by atoms with Crippen molar-refractivity contribution < 1.29 is 17.6 Å². The lowest BCUT2D eigenvalue weighted by atomic mass is 9.90. The van der Waals surface area contributed by atoms with E-state index in [1.165, 1.54) is 12.1 Å². The summed E-state index contributed by atoms with van der Waals surface area (Å²) in [5.74, 6) is -0.874. The summed E-state index contributed by atoms with van der Waals surface area (Å²) in [6.45, 7) is 5.66. The van der Waals surface area contributed by atoms with Crippen LogP contribution in [0, 0.1) is 12.7 Å². The van der Waals surface area contributed by atoms with E-state index in [2.05, 4.69) is 46.3 Å². The smallest absolute Gasteiger partial charge is 0.368 e. The maximum absolute atomic E-state index is 14.4. The van der Waals surface area contributed by atoms with Crippen molar-refractivity contribution >= 4 is 22.3 Å². The number of likely N-dealkylation sites (N-methyl/N-ethyl adjacent to an activating group) is 1. The van der Waals surface area contributed by atoms with Crippen molar-refractivity contribution in [2.75, 3.05) is 37.4 Å². The maximum Gasteiger partial charge on any atom is 0.419 e. The van der Waals surface area contributed by atoms with Gasteiger partial charge in [0.2, 0.25) is 0 Å². The zero-order chi connectivity index (χ0) is 23.3. The summed E-state index contributed by atoms with van der Waals surface area (Å²) in [7, 11) is 4.12. The SMILES string of the molecule is Cc1nnc(NCc2cccc(C(F)(F)F)c2F)c2cc(N3CC(C)(N(C)C)C3)ccc12. The minimum Gasteiger partial charge on any atom is -0.368 e. The summed E-state index contributed by atoms with van der Waals surface area (Å²) in [6, 6.07) is 9.26. The molecule has 9 heteroatoms. The fourth-order valence-electron chi connectivity index (χ4n) is 3.96. The number of hydrogen-bond acceptors (Lipinski definition) is 5. The van der Waals surface area contributed by atoms with Gasteiger partial charge in [0.25, 0.3) is 0 Å². The molecule has 2 aromatic carbocycles. The van der Waals surface area contributed by atoms with E-state index in [1.807, 2.05) is 25.1 Å². The molecule has 2 heterocycles. The highest BCUT2D eigenvalue weighted by Gasteiger charge is 2.40. The van der Waals surface area contributed by atoms with Crippen LogP contribution in [0.25, 0.3) is 10.8 Å². The Morgan fingerprint density at radius 2 is 1.81 bits per heavy atom. The van der Waals surface area contributed by atoms with Crippen LogP contribution in [0.1, 0.15) is 23.7 Å². The van der Waals surface area contributed by atoms with Crippen molar-refractivity contribution in [3.63, 3.8) is 0 Å². The third-order valence-corrected chi connectivity index (χ3v) is 6.29. The van der Waals surface area contributed by atoms with Gasteiger partial charge in [-0.2, -0.15) is 18.3 Å². The maximum atomic E-state index is 14.4. The summed E-state index contributed by atoms with van der Waals surface area (Å²) >= 11 is 0. The van der Waals surface area contributed by atoms with Gasteiger partial charge in [0.05, 0.1) is 16.8 Å². The number of alkyl halides is 3. The van der Waals surface area contributed by atoms with Crippen LogP contribution in [0.4, 0.5) is 29.1 Å². The second-order valence-electron chi connectivity index (χ2n) is 8.74. The fourth-order valence-corrected chi connectivity index (χ4v) is 3.96. The molecule has 1 fully saturated rings. The number of benzene rings is 2. The summed E-state index contributed by atoms with van der Waals surface area (Å²) in [4.78, 5) is 4.46. The molecule has 0 atom stereocenters. The predicted molar refractivity (Wildman–Crippen MR) is 117 cm³/mol. The van der Waals surface area contributed by atoms with Crippen molar-refractivity contribution in [3.8, 4) is 0 Å². The van der Waals surface area contributed by atoms with Crippen LogP contribution < -0.4 is 10.2 Å². The zero-order valence-electron chi connectivity index (χ0n) is 18.4. The van der Waals surface area contributed by atoms with Gasteiger partial charge in [-0.05, 0) is 46.1 Å². The monoisotopic (exact) mass is 447 g/mol. The number of fused-ring (bicyclic) bond motifs is 1. The molecule has 1 aliphatic rings. The van der Waals surface area contributed by atoms with Crippen LogP contribution in [-0.2, 0) is 12.7 Å². The summed E-state index contributed by atoms with van der Waals surface area (Å²) in [5, 5.41) is 13.0. The highest BCUT2D eigenvalue weighted by Crippen LogP contribution is 2.35. The third-order valence-electron chi connectivity index (χ3n) is 6.29. The van der Waals surface area contributed by atoms with Gasteiger partial charge in [-0.15, -0.1) is 5.10 Å². The van der Waals surface area contributed by atoms with Crippen molar-refractivity contribution in [2.24, 2.45) is 0 Å². The topological polar surface area (TPSA) is 44.3 Å². The van der Waals surface area contributed by atoms with Gasteiger partial charge >= 0.3 is 6.18 Å². The molecule has 4 rings (SSSR count). The number of aryl methyl sites for hydroxylation is 1. The zero-order valence-corrected chi connectivity index (χ0v) is 18.4. The molecule has 0 spiro atoms. The molecule has 1 aliphatic heterocycles. The van der Waals surface area contributed by atoms with Crippen molar-refractivity contribution in [1.29, 1.82) is 0 Å². The van der Waals surface area contributed by atoms with E-state index in [4.69, 9.17) is 0 Å². The Bertz CT molecular complexity index is 1150. The van der Waals surface area contributed by atoms with E-state index in [0.717, 1.165) is 41.3 Å². The predicted octanol–water partition coefficient (Wildman–Crippen LogP) is 4.85. The molecule has 32 heavy (non-hydrogen) atoms. The molecule has 0 saturated carbocycles. The first-order chi connectivity index (χ1) is 15.0. The lowest BCUT2D eigenvalue weighted by Crippen LogP contribution is -2.67. The number of aromatic nitrogens is 2. The third kappa shape index (κ3) is 3.97. The molecule has 0 unspecified atom stereocenters. The van der Waals surface area contributed by atoms with Crippen molar-refractivity contribution in [2.45, 2.75) is 32.1 Å². The quantitative estimate of drug-likeness (QED) is 0.567. The minimum atomic E-state index is -4.75. The molecule has 0 amide bonds. The standard InChI is InChI=1S/C23H25F4N5/c1-14-17-9-8-16(32-12-22(2,13-32)31(3)4)10-18(17)21(30-29-14)28-11-15-6-5-7-19(20(15)24)23(25,26)27/h5-10H,11-13H2,1-4H3,(H,28,30). The van der Waals surface area contributed by atoms with E-state index in [9.17, 15) is 17.6 Å². The second kappa shape index (κ2) is 7.88. The van der Waals surface area contributed by atoms with Gasteiger partial charge in [0.1, 0.15) is 5.82 Å². The number of nitrogens with zero attached hydrogens (tertiary/aromatic N) is 4.